The third-order valence-corrected chi connectivity index (χ3v) is 2.76. The lowest BCUT2D eigenvalue weighted by atomic mass is 10.1. The van der Waals surface area contributed by atoms with Crippen LogP contribution in [0.15, 0.2) is 24.3 Å². The van der Waals surface area contributed by atoms with Gasteiger partial charge >= 0.3 is 5.97 Å². The van der Waals surface area contributed by atoms with Gasteiger partial charge in [-0.2, -0.15) is 0 Å². The summed E-state index contributed by atoms with van der Waals surface area (Å²) in [6, 6.07) is 4.50. The Labute approximate surface area is 110 Å². The summed E-state index contributed by atoms with van der Waals surface area (Å²) in [5.74, 6) is -1.53. The highest BCUT2D eigenvalue weighted by atomic mass is 35.5. The van der Waals surface area contributed by atoms with Crippen molar-refractivity contribution in [2.45, 2.75) is 19.9 Å². The van der Waals surface area contributed by atoms with Crippen LogP contribution in [-0.2, 0) is 9.59 Å². The number of rotatable bonds is 4. The first kappa shape index (κ1) is 14.3. The number of benzene rings is 1. The second-order valence-electron chi connectivity index (χ2n) is 3.91. The summed E-state index contributed by atoms with van der Waals surface area (Å²) in [7, 11) is 0. The van der Waals surface area contributed by atoms with Crippen molar-refractivity contribution < 1.29 is 14.7 Å². The van der Waals surface area contributed by atoms with Crippen molar-refractivity contribution in [3.63, 3.8) is 0 Å². The average molecular weight is 268 g/mol. The maximum Gasteiger partial charge on any atom is 0.325 e. The number of nitrogens with one attached hydrogen (secondary N) is 1. The van der Waals surface area contributed by atoms with E-state index in [9.17, 15) is 9.59 Å². The van der Waals surface area contributed by atoms with Crippen LogP contribution in [0.4, 0.5) is 0 Å². The lowest BCUT2D eigenvalue weighted by molar-refractivity contribution is -0.140. The van der Waals surface area contributed by atoms with Crippen LogP contribution in [0, 0.1) is 6.92 Å². The SMILES string of the molecule is Cc1ccc(C=CC(=O)N[C@H](C)C(=O)O)cc1Cl. The van der Waals surface area contributed by atoms with Gasteiger partial charge in [-0.3, -0.25) is 9.59 Å². The summed E-state index contributed by atoms with van der Waals surface area (Å²) in [4.78, 5) is 21.9. The number of amides is 1. The number of carboxylic acids is 1. The maximum absolute atomic E-state index is 11.4. The van der Waals surface area contributed by atoms with E-state index >= 15 is 0 Å². The molecule has 0 spiro atoms. The smallest absolute Gasteiger partial charge is 0.325 e. The van der Waals surface area contributed by atoms with E-state index in [0.717, 1.165) is 11.1 Å². The van der Waals surface area contributed by atoms with Gasteiger partial charge in [-0.05, 0) is 37.1 Å². The van der Waals surface area contributed by atoms with E-state index < -0.39 is 17.9 Å². The Hall–Kier alpha value is -1.81. The normalized spacial score (nSPS) is 12.4. The van der Waals surface area contributed by atoms with Crippen molar-refractivity contribution in [2.24, 2.45) is 0 Å². The number of hydrogen-bond acceptors (Lipinski definition) is 2. The molecule has 18 heavy (non-hydrogen) atoms. The van der Waals surface area contributed by atoms with Crippen LogP contribution in [0.5, 0.6) is 0 Å². The largest absolute Gasteiger partial charge is 0.480 e. The Bertz CT molecular complexity index is 497. The number of hydrogen-bond donors (Lipinski definition) is 2. The minimum atomic E-state index is -1.07. The van der Waals surface area contributed by atoms with E-state index in [4.69, 9.17) is 16.7 Å². The van der Waals surface area contributed by atoms with Gasteiger partial charge in [0.05, 0.1) is 0 Å². The highest BCUT2D eigenvalue weighted by Crippen LogP contribution is 2.17. The molecule has 0 unspecified atom stereocenters. The van der Waals surface area contributed by atoms with E-state index in [-0.39, 0.29) is 0 Å². The molecule has 0 fully saturated rings. The van der Waals surface area contributed by atoms with Crippen LogP contribution in [0.2, 0.25) is 5.02 Å². The highest BCUT2D eigenvalue weighted by molar-refractivity contribution is 6.31. The molecular formula is C13H14ClNO3. The zero-order chi connectivity index (χ0) is 13.7. The third kappa shape index (κ3) is 4.22. The zero-order valence-electron chi connectivity index (χ0n) is 10.1. The van der Waals surface area contributed by atoms with Gasteiger partial charge in [0.25, 0.3) is 0 Å². The third-order valence-electron chi connectivity index (χ3n) is 2.35. The van der Waals surface area contributed by atoms with Crippen molar-refractivity contribution in [3.05, 3.63) is 40.4 Å². The molecule has 1 atom stereocenters. The maximum atomic E-state index is 11.4. The molecule has 0 aliphatic heterocycles. The molecule has 5 heteroatoms. The number of carbonyl (C=O) groups excluding carboxylic acids is 1. The summed E-state index contributed by atoms with van der Waals surface area (Å²) < 4.78 is 0. The molecule has 2 N–H and O–H groups in total. The molecule has 4 nitrogen and oxygen atoms in total. The van der Waals surface area contributed by atoms with E-state index in [0.29, 0.717) is 5.02 Å². The van der Waals surface area contributed by atoms with E-state index in [1.807, 2.05) is 19.1 Å². The van der Waals surface area contributed by atoms with Crippen LogP contribution in [0.25, 0.3) is 6.08 Å². The van der Waals surface area contributed by atoms with Gasteiger partial charge in [0, 0.05) is 11.1 Å². The summed E-state index contributed by atoms with van der Waals surface area (Å²) >= 11 is 5.94. The van der Waals surface area contributed by atoms with Crippen molar-refractivity contribution in [2.75, 3.05) is 0 Å². The van der Waals surface area contributed by atoms with E-state index in [1.165, 1.54) is 13.0 Å². The van der Waals surface area contributed by atoms with Gasteiger partial charge in [-0.25, -0.2) is 0 Å². The first-order valence-corrected chi connectivity index (χ1v) is 5.75. The van der Waals surface area contributed by atoms with Gasteiger partial charge < -0.3 is 10.4 Å². The second-order valence-corrected chi connectivity index (χ2v) is 4.32. The van der Waals surface area contributed by atoms with E-state index in [1.54, 1.807) is 12.1 Å². The highest BCUT2D eigenvalue weighted by Gasteiger charge is 2.11. The molecule has 1 aromatic carbocycles. The standard InChI is InChI=1S/C13H14ClNO3/c1-8-3-4-10(7-11(8)14)5-6-12(16)15-9(2)13(17)18/h3-7,9H,1-2H3,(H,15,16)(H,17,18)/t9-/m1/s1. The molecule has 0 heterocycles. The summed E-state index contributed by atoms with van der Waals surface area (Å²) in [6.45, 7) is 3.29. The Morgan fingerprint density at radius 2 is 2.11 bits per heavy atom. The minimum absolute atomic E-state index is 0.457. The first-order valence-electron chi connectivity index (χ1n) is 5.37. The topological polar surface area (TPSA) is 66.4 Å². The van der Waals surface area contributed by atoms with Crippen LogP contribution in [0.3, 0.4) is 0 Å². The molecule has 96 valence electrons. The Morgan fingerprint density at radius 1 is 1.44 bits per heavy atom. The monoisotopic (exact) mass is 267 g/mol. The number of carboxylic acid groups (broad SMARTS) is 1. The molecule has 0 aromatic heterocycles. The Kier molecular flexibility index (Phi) is 4.92. The minimum Gasteiger partial charge on any atom is -0.480 e. The van der Waals surface area contributed by atoms with Gasteiger partial charge in [-0.1, -0.05) is 23.7 Å². The Balaban J connectivity index is 2.66. The molecule has 0 radical (unpaired) electrons. The average Bonchev–Trinajstić information content (AvgIpc) is 2.30. The van der Waals surface area contributed by atoms with Crippen molar-refractivity contribution in [1.29, 1.82) is 0 Å². The van der Waals surface area contributed by atoms with Crippen LogP contribution in [-0.4, -0.2) is 23.0 Å². The van der Waals surface area contributed by atoms with Gasteiger partial charge in [0.15, 0.2) is 0 Å². The number of aliphatic carboxylic acids is 1. The summed E-state index contributed by atoms with van der Waals surface area (Å²) in [5.41, 5.74) is 1.74. The fourth-order valence-electron chi connectivity index (χ4n) is 1.21. The quantitative estimate of drug-likeness (QED) is 0.823. The number of aryl methyl sites for hydroxylation is 1. The van der Waals surface area contributed by atoms with Gasteiger partial charge in [0.1, 0.15) is 6.04 Å². The molecule has 0 saturated heterocycles. The Morgan fingerprint density at radius 3 is 2.67 bits per heavy atom. The van der Waals surface area contributed by atoms with Crippen LogP contribution < -0.4 is 5.32 Å². The molecular weight excluding hydrogens is 254 g/mol. The van der Waals surface area contributed by atoms with Crippen molar-refractivity contribution >= 4 is 29.6 Å². The summed E-state index contributed by atoms with van der Waals surface area (Å²) in [5, 5.41) is 11.6. The summed E-state index contributed by atoms with van der Waals surface area (Å²) in [6.07, 6.45) is 2.86. The molecule has 0 bridgehead atoms. The molecule has 0 aliphatic carbocycles. The number of carbonyl (C=O) groups is 2. The van der Waals surface area contributed by atoms with Crippen molar-refractivity contribution in [3.8, 4) is 0 Å². The van der Waals surface area contributed by atoms with Crippen LogP contribution in [0.1, 0.15) is 18.1 Å². The van der Waals surface area contributed by atoms with Gasteiger partial charge in [0.2, 0.25) is 5.91 Å². The second kappa shape index (κ2) is 6.21. The van der Waals surface area contributed by atoms with E-state index in [2.05, 4.69) is 5.32 Å². The molecule has 1 aromatic rings. The first-order chi connectivity index (χ1) is 8.40. The number of halogens is 1. The molecule has 1 amide bonds. The molecule has 0 aliphatic rings. The molecule has 1 rings (SSSR count). The fourth-order valence-corrected chi connectivity index (χ4v) is 1.40. The predicted molar refractivity (Wildman–Crippen MR) is 70.5 cm³/mol. The fraction of sp³-hybridized carbons (Fsp3) is 0.231. The van der Waals surface area contributed by atoms with Crippen molar-refractivity contribution in [1.82, 2.24) is 5.32 Å². The van der Waals surface area contributed by atoms with Crippen LogP contribution >= 0.6 is 11.6 Å². The predicted octanol–water partition coefficient (Wildman–Crippen LogP) is 2.25. The van der Waals surface area contributed by atoms with Gasteiger partial charge in [-0.15, -0.1) is 0 Å². The molecule has 0 saturated carbocycles. The lowest BCUT2D eigenvalue weighted by Crippen LogP contribution is -2.37. The zero-order valence-corrected chi connectivity index (χ0v) is 10.9. The lowest BCUT2D eigenvalue weighted by Gasteiger charge is -2.06.